The minimum atomic E-state index is -0.465. The number of alkyl halides is 1. The van der Waals surface area contributed by atoms with E-state index < -0.39 is 11.9 Å². The molecule has 0 radical (unpaired) electrons. The number of nitrogens with one attached hydrogen (secondary N) is 1. The highest BCUT2D eigenvalue weighted by Crippen LogP contribution is 2.28. The van der Waals surface area contributed by atoms with Crippen molar-refractivity contribution >= 4 is 43.9 Å². The van der Waals surface area contributed by atoms with Gasteiger partial charge in [0.2, 0.25) is 5.91 Å². The Morgan fingerprint density at radius 1 is 0.736 bits per heavy atom. The Morgan fingerprint density at radius 3 is 1.60 bits per heavy atom. The van der Waals surface area contributed by atoms with Crippen LogP contribution in [-0.2, 0) is 39.2 Å². The SMILES string of the molecule is CCOCCn1c(CBr)nc2ccc(Oc3ccc(F)cc3)cc21.CCOCCn1c(CN[C@@H](C)C(N)=O)nc2ccc(Oc3ccc(F)cc3)cc21. The molecule has 280 valence electrons. The molecule has 2 aromatic heterocycles. The summed E-state index contributed by atoms with van der Waals surface area (Å²) in [6.45, 7) is 9.83. The first-order chi connectivity index (χ1) is 25.7. The number of carbonyl (C=O) groups is 1. The Kier molecular flexibility index (Phi) is 14.3. The predicted molar refractivity (Wildman–Crippen MR) is 204 cm³/mol. The molecule has 1 amide bonds. The smallest absolute Gasteiger partial charge is 0.234 e. The van der Waals surface area contributed by atoms with Gasteiger partial charge in [-0.15, -0.1) is 0 Å². The van der Waals surface area contributed by atoms with Gasteiger partial charge in [0, 0.05) is 38.4 Å². The van der Waals surface area contributed by atoms with Gasteiger partial charge in [-0.1, -0.05) is 15.9 Å². The van der Waals surface area contributed by atoms with Crippen molar-refractivity contribution in [3.63, 3.8) is 0 Å². The van der Waals surface area contributed by atoms with Gasteiger partial charge < -0.3 is 33.8 Å². The summed E-state index contributed by atoms with van der Waals surface area (Å²) in [6.07, 6.45) is 0. The second-order valence-electron chi connectivity index (χ2n) is 11.8. The Balaban J connectivity index is 0.000000208. The van der Waals surface area contributed by atoms with Crippen LogP contribution in [0.5, 0.6) is 23.0 Å². The van der Waals surface area contributed by atoms with Crippen molar-refractivity contribution in [2.45, 2.75) is 51.8 Å². The summed E-state index contributed by atoms with van der Waals surface area (Å²) in [6, 6.07) is 22.7. The van der Waals surface area contributed by atoms with E-state index in [9.17, 15) is 13.6 Å². The molecule has 0 aliphatic carbocycles. The molecule has 0 fully saturated rings. The third kappa shape index (κ3) is 10.8. The van der Waals surface area contributed by atoms with Crippen molar-refractivity contribution in [2.24, 2.45) is 5.73 Å². The molecule has 0 saturated carbocycles. The van der Waals surface area contributed by atoms with Crippen LogP contribution in [0.4, 0.5) is 8.78 Å². The van der Waals surface area contributed by atoms with E-state index in [2.05, 4.69) is 35.8 Å². The fourth-order valence-electron chi connectivity index (χ4n) is 5.39. The van der Waals surface area contributed by atoms with E-state index in [-0.39, 0.29) is 11.6 Å². The van der Waals surface area contributed by atoms with Crippen LogP contribution in [0.3, 0.4) is 0 Å². The van der Waals surface area contributed by atoms with E-state index >= 15 is 0 Å². The van der Waals surface area contributed by atoms with Crippen LogP contribution in [0, 0.1) is 11.6 Å². The van der Waals surface area contributed by atoms with Gasteiger partial charge in [0.05, 0.1) is 53.2 Å². The highest BCUT2D eigenvalue weighted by molar-refractivity contribution is 9.08. The lowest BCUT2D eigenvalue weighted by molar-refractivity contribution is -0.119. The number of hydrogen-bond donors (Lipinski definition) is 2. The summed E-state index contributed by atoms with van der Waals surface area (Å²) in [5, 5.41) is 3.75. The average Bonchev–Trinajstić information content (AvgIpc) is 3.69. The molecule has 6 aromatic rings. The van der Waals surface area contributed by atoms with Crippen LogP contribution in [0.2, 0.25) is 0 Å². The minimum absolute atomic E-state index is 0.284. The lowest BCUT2D eigenvalue weighted by atomic mass is 10.3. The maximum absolute atomic E-state index is 13.1. The zero-order valence-corrected chi connectivity index (χ0v) is 31.4. The number of primary amides is 1. The molecule has 0 spiro atoms. The quantitative estimate of drug-likeness (QED) is 0.0706. The number of aromatic nitrogens is 4. The molecule has 3 N–H and O–H groups in total. The number of hydrogen-bond acceptors (Lipinski definition) is 8. The highest BCUT2D eigenvalue weighted by Gasteiger charge is 2.15. The van der Waals surface area contributed by atoms with E-state index in [1.54, 1.807) is 31.2 Å². The fourth-order valence-corrected chi connectivity index (χ4v) is 5.82. The summed E-state index contributed by atoms with van der Waals surface area (Å²) >= 11 is 3.48. The van der Waals surface area contributed by atoms with Crippen LogP contribution in [0.15, 0.2) is 84.9 Å². The van der Waals surface area contributed by atoms with Crippen molar-refractivity contribution in [3.8, 4) is 23.0 Å². The molecule has 6 rings (SSSR count). The molecule has 11 nitrogen and oxygen atoms in total. The first-order valence-corrected chi connectivity index (χ1v) is 18.4. The number of ether oxygens (including phenoxy) is 4. The van der Waals surface area contributed by atoms with E-state index in [4.69, 9.17) is 24.7 Å². The summed E-state index contributed by atoms with van der Waals surface area (Å²) < 4.78 is 52.9. The zero-order valence-electron chi connectivity index (χ0n) is 29.9. The number of rotatable bonds is 17. The monoisotopic (exact) mass is 792 g/mol. The summed E-state index contributed by atoms with van der Waals surface area (Å²) in [4.78, 5) is 20.6. The third-order valence-corrected chi connectivity index (χ3v) is 8.64. The lowest BCUT2D eigenvalue weighted by Gasteiger charge is -2.13. The van der Waals surface area contributed by atoms with Crippen LogP contribution in [0.25, 0.3) is 22.1 Å². The number of halogens is 3. The van der Waals surface area contributed by atoms with Gasteiger partial charge >= 0.3 is 0 Å². The number of fused-ring (bicyclic) bond motifs is 2. The lowest BCUT2D eigenvalue weighted by Crippen LogP contribution is -2.38. The van der Waals surface area contributed by atoms with Crippen molar-refractivity contribution in [1.29, 1.82) is 0 Å². The molecule has 0 unspecified atom stereocenters. The van der Waals surface area contributed by atoms with Crippen molar-refractivity contribution in [1.82, 2.24) is 24.4 Å². The van der Waals surface area contributed by atoms with E-state index in [1.807, 2.05) is 54.8 Å². The largest absolute Gasteiger partial charge is 0.457 e. The number of imidazole rings is 2. The van der Waals surface area contributed by atoms with Gasteiger partial charge in [0.15, 0.2) is 0 Å². The maximum atomic E-state index is 13.1. The van der Waals surface area contributed by atoms with Crippen molar-refractivity contribution < 1.29 is 32.5 Å². The third-order valence-electron chi connectivity index (χ3n) is 8.14. The second-order valence-corrected chi connectivity index (χ2v) is 12.4. The van der Waals surface area contributed by atoms with Gasteiger partial charge in [0.1, 0.15) is 46.3 Å². The Labute approximate surface area is 315 Å². The van der Waals surface area contributed by atoms with Crippen LogP contribution in [-0.4, -0.2) is 57.5 Å². The van der Waals surface area contributed by atoms with Crippen LogP contribution in [0.1, 0.15) is 32.4 Å². The second kappa shape index (κ2) is 19.3. The Bertz CT molecular complexity index is 2090. The van der Waals surface area contributed by atoms with Gasteiger partial charge in [0.25, 0.3) is 0 Å². The molecule has 1 atom stereocenters. The average molecular weight is 794 g/mol. The van der Waals surface area contributed by atoms with Gasteiger partial charge in [-0.3, -0.25) is 10.1 Å². The fraction of sp³-hybridized carbons (Fsp3) is 0.308. The first-order valence-electron chi connectivity index (χ1n) is 17.3. The normalized spacial score (nSPS) is 11.7. The van der Waals surface area contributed by atoms with Gasteiger partial charge in [-0.05, 0) is 93.6 Å². The van der Waals surface area contributed by atoms with E-state index in [1.165, 1.54) is 24.3 Å². The van der Waals surface area contributed by atoms with Crippen LogP contribution >= 0.6 is 15.9 Å². The van der Waals surface area contributed by atoms with Crippen molar-refractivity contribution in [2.75, 3.05) is 26.4 Å². The number of nitrogens with two attached hydrogens (primary N) is 1. The molecule has 53 heavy (non-hydrogen) atoms. The molecule has 4 aromatic carbocycles. The molecule has 2 heterocycles. The number of carbonyl (C=O) groups excluding carboxylic acids is 1. The predicted octanol–water partition coefficient (Wildman–Crippen LogP) is 7.87. The number of benzene rings is 4. The Morgan fingerprint density at radius 2 is 1.17 bits per heavy atom. The van der Waals surface area contributed by atoms with Crippen molar-refractivity contribution in [3.05, 3.63) is 108 Å². The first kappa shape index (κ1) is 39.3. The van der Waals surface area contributed by atoms with Gasteiger partial charge in [-0.25, -0.2) is 18.7 Å². The van der Waals surface area contributed by atoms with Gasteiger partial charge in [-0.2, -0.15) is 0 Å². The molecule has 0 saturated heterocycles. The number of amides is 1. The molecule has 0 aliphatic heterocycles. The summed E-state index contributed by atoms with van der Waals surface area (Å²) in [5.74, 6) is 3.14. The molecular formula is C39H43BrF2N6O5. The zero-order chi connectivity index (χ0) is 37.7. The highest BCUT2D eigenvalue weighted by atomic mass is 79.9. The molecule has 14 heteroatoms. The van der Waals surface area contributed by atoms with Crippen LogP contribution < -0.4 is 20.5 Å². The molecule has 0 aliphatic rings. The topological polar surface area (TPSA) is 128 Å². The number of nitrogens with zero attached hydrogens (tertiary/aromatic N) is 4. The van der Waals surface area contributed by atoms with E-state index in [0.717, 1.165) is 40.3 Å². The Hall–Kier alpha value is -4.89. The summed E-state index contributed by atoms with van der Waals surface area (Å²) in [5.41, 5.74) is 8.91. The molecule has 0 bridgehead atoms. The molecular weight excluding hydrogens is 750 g/mol. The minimum Gasteiger partial charge on any atom is -0.457 e. The standard InChI is InChI=1S/C21H25FN4O3.C18H18BrFN2O2/c1-3-28-11-10-26-19-12-17(29-16-6-4-15(22)5-7-16)8-9-18(19)25-20(26)13-24-14(2)21(23)27;1-2-23-10-9-22-17-11-15(7-8-16(17)21-18(22)12-19)24-14-5-3-13(20)4-6-14/h4-9,12,14,24H,3,10-11,13H2,1-2H3,(H2,23,27);3-8,11H,2,9-10,12H2,1H3/t14-;/m0./s1. The summed E-state index contributed by atoms with van der Waals surface area (Å²) in [7, 11) is 0. The maximum Gasteiger partial charge on any atom is 0.234 e. The van der Waals surface area contributed by atoms with E-state index in [0.29, 0.717) is 67.8 Å².